The van der Waals surface area contributed by atoms with Crippen LogP contribution in [0.15, 0.2) is 40.9 Å². The maximum atomic E-state index is 13.6. The summed E-state index contributed by atoms with van der Waals surface area (Å²) in [6, 6.07) is 1.32. The monoisotopic (exact) mass is 666 g/mol. The third-order valence-corrected chi connectivity index (χ3v) is 9.73. The molecule has 0 aromatic heterocycles. The smallest absolute Gasteiger partial charge is 0.359 e. The highest BCUT2D eigenvalue weighted by Crippen LogP contribution is 2.56. The Kier molecular flexibility index (Phi) is 7.69. The van der Waals surface area contributed by atoms with Crippen LogP contribution in [-0.2, 0) is 42.9 Å². The van der Waals surface area contributed by atoms with Gasteiger partial charge in [0, 0.05) is 25.3 Å². The number of hydrogen-bond acceptors (Lipinski definition) is 14. The molecule has 0 saturated heterocycles. The van der Waals surface area contributed by atoms with Gasteiger partial charge in [-0.05, 0) is 49.0 Å². The number of carbonyl (C=O) groups is 5. The molecule has 1 unspecified atom stereocenters. The number of methoxy groups -OCH3 is 2. The molecule has 14 nitrogen and oxygen atoms in total. The third-order valence-electron chi connectivity index (χ3n) is 9.73. The average Bonchev–Trinajstić information content (AvgIpc) is 3.03. The van der Waals surface area contributed by atoms with Crippen LogP contribution in [0.25, 0.3) is 11.3 Å². The van der Waals surface area contributed by atoms with Crippen LogP contribution in [0.5, 0.6) is 11.5 Å². The highest BCUT2D eigenvalue weighted by atomic mass is 16.6. The number of ether oxygens (including phenoxy) is 5. The molecule has 6 atom stereocenters. The van der Waals surface area contributed by atoms with Gasteiger partial charge in [-0.2, -0.15) is 0 Å². The zero-order valence-electron chi connectivity index (χ0n) is 26.7. The van der Waals surface area contributed by atoms with Crippen LogP contribution in [-0.4, -0.2) is 87.5 Å². The van der Waals surface area contributed by atoms with Gasteiger partial charge >= 0.3 is 17.9 Å². The number of phenols is 1. The minimum Gasteiger partial charge on any atom is -0.511 e. The quantitative estimate of drug-likeness (QED) is 0.269. The van der Waals surface area contributed by atoms with Crippen molar-refractivity contribution in [3.8, 4) is 11.5 Å². The molecule has 6 rings (SSSR count). The Morgan fingerprint density at radius 3 is 2.23 bits per heavy atom. The van der Waals surface area contributed by atoms with E-state index in [1.54, 1.807) is 19.9 Å². The summed E-state index contributed by atoms with van der Waals surface area (Å²) in [5.41, 5.74) is -4.96. The van der Waals surface area contributed by atoms with E-state index in [0.29, 0.717) is 11.1 Å². The molecule has 5 aliphatic rings. The van der Waals surface area contributed by atoms with E-state index < -0.39 is 93.1 Å². The standard InChI is InChI=1S/C34H34O14/c1-13-10-19(37)24-28(40)25-18(36)7-9-22(46-15(3)35)33(25,31(42)44-4)48-29(24)23(13)16-6-8-21-17(12-16)27(39)26-20(38)11-14(2)30(41)34(26,47-21)32(43)45-5/h6,8,10,14,17,22,30,37,39-41H,7,9,11-12H2,1-5H3/t14-,17?,22-,30-,33-,34+/m0/s1. The largest absolute Gasteiger partial charge is 0.511 e. The zero-order valence-corrected chi connectivity index (χ0v) is 26.7. The van der Waals surface area contributed by atoms with Gasteiger partial charge in [-0.3, -0.25) is 14.4 Å². The molecule has 2 heterocycles. The van der Waals surface area contributed by atoms with E-state index in [2.05, 4.69) is 0 Å². The number of rotatable bonds is 4. The van der Waals surface area contributed by atoms with Crippen molar-refractivity contribution in [1.29, 1.82) is 0 Å². The van der Waals surface area contributed by atoms with Crippen molar-refractivity contribution in [1.82, 2.24) is 0 Å². The molecule has 3 aliphatic carbocycles. The molecular weight excluding hydrogens is 632 g/mol. The summed E-state index contributed by atoms with van der Waals surface area (Å²) in [6.07, 6.45) is -0.531. The summed E-state index contributed by atoms with van der Waals surface area (Å²) in [4.78, 5) is 65.4. The second-order valence-corrected chi connectivity index (χ2v) is 12.6. The Labute approximate surface area is 273 Å². The van der Waals surface area contributed by atoms with E-state index in [4.69, 9.17) is 23.7 Å². The number of aliphatic hydroxyl groups is 3. The molecule has 0 radical (unpaired) electrons. The molecule has 2 saturated carbocycles. The van der Waals surface area contributed by atoms with Crippen LogP contribution in [0.4, 0.5) is 0 Å². The van der Waals surface area contributed by atoms with Crippen molar-refractivity contribution in [2.24, 2.45) is 11.8 Å². The number of fused-ring (bicyclic) bond motifs is 4. The van der Waals surface area contributed by atoms with Crippen LogP contribution in [0, 0.1) is 18.8 Å². The van der Waals surface area contributed by atoms with Crippen molar-refractivity contribution in [3.63, 3.8) is 0 Å². The van der Waals surface area contributed by atoms with Gasteiger partial charge in [0.2, 0.25) is 0 Å². The van der Waals surface area contributed by atoms with E-state index in [9.17, 15) is 44.4 Å². The van der Waals surface area contributed by atoms with Crippen molar-refractivity contribution in [3.05, 3.63) is 57.6 Å². The first-order chi connectivity index (χ1) is 22.6. The maximum Gasteiger partial charge on any atom is 0.359 e. The second kappa shape index (κ2) is 11.3. The van der Waals surface area contributed by atoms with E-state index in [1.165, 1.54) is 12.1 Å². The van der Waals surface area contributed by atoms with E-state index >= 15 is 0 Å². The Morgan fingerprint density at radius 2 is 1.58 bits per heavy atom. The second-order valence-electron chi connectivity index (χ2n) is 12.6. The Morgan fingerprint density at radius 1 is 0.917 bits per heavy atom. The van der Waals surface area contributed by atoms with Gasteiger partial charge in [-0.25, -0.2) is 9.59 Å². The number of benzene rings is 1. The van der Waals surface area contributed by atoms with Crippen molar-refractivity contribution >= 4 is 40.8 Å². The fourth-order valence-corrected chi connectivity index (χ4v) is 7.63. The normalized spacial score (nSPS) is 30.7. The molecule has 48 heavy (non-hydrogen) atoms. The zero-order chi connectivity index (χ0) is 35.0. The van der Waals surface area contributed by atoms with Crippen molar-refractivity contribution in [2.75, 3.05) is 14.2 Å². The third kappa shape index (κ3) is 4.31. The fourth-order valence-electron chi connectivity index (χ4n) is 7.63. The first-order valence-corrected chi connectivity index (χ1v) is 15.3. The lowest BCUT2D eigenvalue weighted by atomic mass is 9.67. The molecule has 4 N–H and O–H groups in total. The molecule has 254 valence electrons. The Hall–Kier alpha value is -5.11. The van der Waals surface area contributed by atoms with Crippen LogP contribution in [0.3, 0.4) is 0 Å². The minimum absolute atomic E-state index is 0.0569. The minimum atomic E-state index is -2.43. The molecule has 0 spiro atoms. The molecule has 1 aromatic carbocycles. The summed E-state index contributed by atoms with van der Waals surface area (Å²) in [5.74, 6) is -7.92. The number of esters is 3. The molecule has 14 heteroatoms. The molecule has 0 amide bonds. The van der Waals surface area contributed by atoms with Gasteiger partial charge in [-0.1, -0.05) is 13.0 Å². The molecule has 0 bridgehead atoms. The van der Waals surface area contributed by atoms with Gasteiger partial charge in [0.15, 0.2) is 17.7 Å². The molecule has 1 aromatic rings. The first-order valence-electron chi connectivity index (χ1n) is 15.3. The van der Waals surface area contributed by atoms with E-state index in [-0.39, 0.29) is 48.3 Å². The first kappa shape index (κ1) is 32.8. The van der Waals surface area contributed by atoms with E-state index in [1.807, 2.05) is 0 Å². The van der Waals surface area contributed by atoms with Crippen LogP contribution in [0.2, 0.25) is 0 Å². The lowest BCUT2D eigenvalue weighted by Gasteiger charge is -2.48. The van der Waals surface area contributed by atoms with Gasteiger partial charge in [-0.15, -0.1) is 0 Å². The number of ketones is 2. The van der Waals surface area contributed by atoms with E-state index in [0.717, 1.165) is 21.1 Å². The van der Waals surface area contributed by atoms with Crippen molar-refractivity contribution in [2.45, 2.75) is 69.9 Å². The number of allylic oxidation sites excluding steroid dienone is 3. The summed E-state index contributed by atoms with van der Waals surface area (Å²) < 4.78 is 27.9. The fraction of sp³-hybridized carbons (Fsp3) is 0.441. The summed E-state index contributed by atoms with van der Waals surface area (Å²) in [7, 11) is 2.11. The number of aliphatic hydroxyl groups excluding tert-OH is 3. The lowest BCUT2D eigenvalue weighted by molar-refractivity contribution is -0.186. The van der Waals surface area contributed by atoms with Gasteiger partial charge < -0.3 is 44.1 Å². The predicted molar refractivity (Wildman–Crippen MR) is 162 cm³/mol. The average molecular weight is 667 g/mol. The number of hydrogen-bond donors (Lipinski definition) is 4. The van der Waals surface area contributed by atoms with Crippen LogP contribution >= 0.6 is 0 Å². The lowest BCUT2D eigenvalue weighted by Crippen LogP contribution is -2.63. The van der Waals surface area contributed by atoms with Crippen LogP contribution in [0.1, 0.15) is 56.2 Å². The number of aromatic hydroxyl groups is 1. The van der Waals surface area contributed by atoms with Crippen molar-refractivity contribution < 1.29 is 68.1 Å². The number of Topliss-reactive ketones (excluding diaryl/α,β-unsaturated/α-hetero) is 2. The number of carbonyl (C=O) groups excluding carboxylic acids is 5. The molecule has 2 aliphatic heterocycles. The van der Waals surface area contributed by atoms with Crippen LogP contribution < -0.4 is 4.74 Å². The topological polar surface area (TPSA) is 212 Å². The molecule has 2 fully saturated rings. The van der Waals surface area contributed by atoms with Gasteiger partial charge in [0.1, 0.15) is 40.4 Å². The summed E-state index contributed by atoms with van der Waals surface area (Å²) >= 11 is 0. The Balaban J connectivity index is 1.55. The van der Waals surface area contributed by atoms with Gasteiger partial charge in [0.05, 0.1) is 31.3 Å². The predicted octanol–water partition coefficient (Wildman–Crippen LogP) is 2.58. The molecular formula is C34H34O14. The number of aryl methyl sites for hydroxylation is 1. The maximum absolute atomic E-state index is 13.6. The SMILES string of the molecule is COC(=O)[C@@]12Oc3c(C4=CC=C5O[C@]6(C(=O)OC)C(=C(O)C5C4)C(=O)C[C@H](C)[C@@H]6O)c(C)cc(O)c3C(O)=C1C(=O)CC[C@@H]2OC(C)=O. The highest BCUT2D eigenvalue weighted by molar-refractivity contribution is 6.13. The Bertz CT molecular complexity index is 1830. The summed E-state index contributed by atoms with van der Waals surface area (Å²) in [5, 5.41) is 45.4. The highest BCUT2D eigenvalue weighted by Gasteiger charge is 2.65. The number of phenolic OH excluding ortho intramolecular Hbond substituents is 1. The van der Waals surface area contributed by atoms with Gasteiger partial charge in [0.25, 0.3) is 11.2 Å². The summed E-state index contributed by atoms with van der Waals surface area (Å²) in [6.45, 7) is 4.29.